The second kappa shape index (κ2) is 4.55. The number of terminal acetylenes is 1. The fourth-order valence-electron chi connectivity index (χ4n) is 1.50. The van der Waals surface area contributed by atoms with E-state index >= 15 is 0 Å². The summed E-state index contributed by atoms with van der Waals surface area (Å²) in [5.74, 6) is 1.45. The Morgan fingerprint density at radius 1 is 1.33 bits per heavy atom. The summed E-state index contributed by atoms with van der Waals surface area (Å²) in [6.07, 6.45) is 5.20. The van der Waals surface area contributed by atoms with Gasteiger partial charge in [-0.05, 0) is 12.1 Å². The molecule has 0 aliphatic carbocycles. The Kier molecular flexibility index (Phi) is 2.94. The summed E-state index contributed by atoms with van der Waals surface area (Å²) in [4.78, 5) is 23.1. The van der Waals surface area contributed by atoms with E-state index in [1.54, 1.807) is 30.3 Å². The lowest BCUT2D eigenvalue weighted by atomic mass is 10.2. The fraction of sp³-hybridized carbons (Fsp3) is 0. The van der Waals surface area contributed by atoms with E-state index < -0.39 is 11.5 Å². The van der Waals surface area contributed by atoms with Crippen LogP contribution in [0.2, 0.25) is 0 Å². The van der Waals surface area contributed by atoms with Crippen molar-refractivity contribution in [2.75, 3.05) is 0 Å². The van der Waals surface area contributed by atoms with Gasteiger partial charge in [-0.25, -0.2) is 0 Å². The molecule has 0 bridgehead atoms. The van der Waals surface area contributed by atoms with Crippen LogP contribution < -0.4 is 11.3 Å². The molecule has 1 aromatic carbocycles. The van der Waals surface area contributed by atoms with Crippen LogP contribution >= 0.6 is 0 Å². The lowest BCUT2D eigenvalue weighted by molar-refractivity contribution is 0.0993. The number of nitrogens with zero attached hydrogens (tertiary/aromatic N) is 2. The van der Waals surface area contributed by atoms with Gasteiger partial charge in [-0.2, -0.15) is 9.78 Å². The molecular formula is C13H9N3O2. The van der Waals surface area contributed by atoms with Crippen molar-refractivity contribution in [2.45, 2.75) is 0 Å². The van der Waals surface area contributed by atoms with Crippen LogP contribution in [0, 0.1) is 12.3 Å². The van der Waals surface area contributed by atoms with Crippen molar-refractivity contribution in [1.82, 2.24) is 9.78 Å². The average Bonchev–Trinajstić information content (AvgIpc) is 2.39. The third-order valence-corrected chi connectivity index (χ3v) is 2.32. The number of amides is 1. The van der Waals surface area contributed by atoms with Crippen molar-refractivity contribution in [3.05, 3.63) is 58.0 Å². The minimum absolute atomic E-state index is 0.0963. The molecule has 0 saturated heterocycles. The van der Waals surface area contributed by atoms with E-state index in [2.05, 4.69) is 11.0 Å². The van der Waals surface area contributed by atoms with Gasteiger partial charge >= 0.3 is 0 Å². The van der Waals surface area contributed by atoms with Gasteiger partial charge in [-0.15, -0.1) is 6.42 Å². The van der Waals surface area contributed by atoms with Crippen LogP contribution in [0.5, 0.6) is 0 Å². The molecule has 1 heterocycles. The van der Waals surface area contributed by atoms with E-state index in [9.17, 15) is 9.59 Å². The first-order valence-corrected chi connectivity index (χ1v) is 5.09. The largest absolute Gasteiger partial charge is 0.364 e. The van der Waals surface area contributed by atoms with Crippen molar-refractivity contribution in [2.24, 2.45) is 5.73 Å². The highest BCUT2D eigenvalue weighted by Crippen LogP contribution is 2.05. The predicted octanol–water partition coefficient (Wildman–Crippen LogP) is 0.313. The second-order valence-electron chi connectivity index (χ2n) is 3.50. The SMILES string of the molecule is C#Cc1cc(=O)n(-c2ccccc2)nc1C(N)=O. The molecule has 5 nitrogen and oxygen atoms in total. The first-order valence-electron chi connectivity index (χ1n) is 5.09. The number of aromatic nitrogens is 2. The Hall–Kier alpha value is -2.87. The molecule has 0 fully saturated rings. The number of rotatable bonds is 2. The van der Waals surface area contributed by atoms with E-state index in [1.807, 2.05) is 0 Å². The van der Waals surface area contributed by atoms with Crippen molar-refractivity contribution < 1.29 is 4.79 Å². The van der Waals surface area contributed by atoms with Gasteiger partial charge in [-0.3, -0.25) is 9.59 Å². The average molecular weight is 239 g/mol. The number of nitrogens with two attached hydrogens (primary N) is 1. The molecule has 0 spiro atoms. The smallest absolute Gasteiger partial charge is 0.272 e. The standard InChI is InChI=1S/C13H9N3O2/c1-2-9-8-11(17)16(15-12(9)13(14)18)10-6-4-3-5-7-10/h1,3-8H,(H2,14,18). The van der Waals surface area contributed by atoms with Crippen LogP contribution in [-0.2, 0) is 0 Å². The van der Waals surface area contributed by atoms with Gasteiger partial charge in [0.2, 0.25) is 0 Å². The van der Waals surface area contributed by atoms with Crippen LogP contribution in [0.4, 0.5) is 0 Å². The normalized spacial score (nSPS) is 9.72. The molecule has 0 aliphatic heterocycles. The van der Waals surface area contributed by atoms with Gasteiger partial charge in [0, 0.05) is 6.07 Å². The van der Waals surface area contributed by atoms with Gasteiger partial charge < -0.3 is 5.73 Å². The Bertz CT molecular complexity index is 696. The Morgan fingerprint density at radius 3 is 2.56 bits per heavy atom. The number of carbonyl (C=O) groups excluding carboxylic acids is 1. The fourth-order valence-corrected chi connectivity index (χ4v) is 1.50. The topological polar surface area (TPSA) is 78.0 Å². The molecule has 1 amide bonds. The van der Waals surface area contributed by atoms with Gasteiger partial charge in [0.1, 0.15) is 0 Å². The van der Waals surface area contributed by atoms with Crippen molar-refractivity contribution in [3.63, 3.8) is 0 Å². The van der Waals surface area contributed by atoms with Gasteiger partial charge in [0.15, 0.2) is 5.69 Å². The molecule has 1 aromatic heterocycles. The lowest BCUT2D eigenvalue weighted by Crippen LogP contribution is -2.27. The minimum atomic E-state index is -0.771. The molecule has 0 saturated carbocycles. The van der Waals surface area contributed by atoms with Crippen LogP contribution in [0.15, 0.2) is 41.2 Å². The van der Waals surface area contributed by atoms with Crippen molar-refractivity contribution in [3.8, 4) is 18.0 Å². The number of hydrogen-bond donors (Lipinski definition) is 1. The minimum Gasteiger partial charge on any atom is -0.364 e. The van der Waals surface area contributed by atoms with Gasteiger partial charge in [-0.1, -0.05) is 24.1 Å². The molecule has 0 aliphatic rings. The van der Waals surface area contributed by atoms with Crippen LogP contribution in [0.3, 0.4) is 0 Å². The van der Waals surface area contributed by atoms with Crippen LogP contribution in [-0.4, -0.2) is 15.7 Å². The van der Waals surface area contributed by atoms with E-state index in [0.717, 1.165) is 4.68 Å². The number of carbonyl (C=O) groups is 1. The second-order valence-corrected chi connectivity index (χ2v) is 3.50. The molecule has 2 N–H and O–H groups in total. The molecule has 0 atom stereocenters. The molecule has 18 heavy (non-hydrogen) atoms. The highest BCUT2D eigenvalue weighted by Gasteiger charge is 2.12. The molecular weight excluding hydrogens is 230 g/mol. The third-order valence-electron chi connectivity index (χ3n) is 2.32. The Balaban J connectivity index is 2.72. The molecule has 0 unspecified atom stereocenters. The lowest BCUT2D eigenvalue weighted by Gasteiger charge is -2.06. The zero-order chi connectivity index (χ0) is 13.1. The summed E-state index contributed by atoms with van der Waals surface area (Å²) >= 11 is 0. The zero-order valence-corrected chi connectivity index (χ0v) is 9.33. The molecule has 2 aromatic rings. The number of primary amides is 1. The summed E-state index contributed by atoms with van der Waals surface area (Å²) in [7, 11) is 0. The van der Waals surface area contributed by atoms with E-state index in [1.165, 1.54) is 6.07 Å². The van der Waals surface area contributed by atoms with Gasteiger partial charge in [0.25, 0.3) is 11.5 Å². The summed E-state index contributed by atoms with van der Waals surface area (Å²) in [5, 5.41) is 3.90. The molecule has 88 valence electrons. The van der Waals surface area contributed by atoms with E-state index in [-0.39, 0.29) is 11.3 Å². The van der Waals surface area contributed by atoms with Gasteiger partial charge in [0.05, 0.1) is 11.3 Å². The summed E-state index contributed by atoms with van der Waals surface area (Å²) in [6.45, 7) is 0. The quantitative estimate of drug-likeness (QED) is 0.766. The monoisotopic (exact) mass is 239 g/mol. The van der Waals surface area contributed by atoms with Crippen molar-refractivity contribution >= 4 is 5.91 Å². The Morgan fingerprint density at radius 2 is 2.00 bits per heavy atom. The summed E-state index contributed by atoms with van der Waals surface area (Å²) in [5.41, 5.74) is 5.29. The maximum absolute atomic E-state index is 11.8. The summed E-state index contributed by atoms with van der Waals surface area (Å²) in [6, 6.07) is 9.86. The predicted molar refractivity (Wildman–Crippen MR) is 66.3 cm³/mol. The summed E-state index contributed by atoms with van der Waals surface area (Å²) < 4.78 is 1.08. The third kappa shape index (κ3) is 1.99. The first-order chi connectivity index (χ1) is 8.63. The number of para-hydroxylation sites is 1. The molecule has 5 heteroatoms. The zero-order valence-electron chi connectivity index (χ0n) is 9.33. The van der Waals surface area contributed by atoms with E-state index in [4.69, 9.17) is 12.2 Å². The van der Waals surface area contributed by atoms with E-state index in [0.29, 0.717) is 5.69 Å². The highest BCUT2D eigenvalue weighted by molar-refractivity contribution is 5.93. The van der Waals surface area contributed by atoms with Crippen LogP contribution in [0.1, 0.15) is 16.1 Å². The van der Waals surface area contributed by atoms with Crippen molar-refractivity contribution in [1.29, 1.82) is 0 Å². The Labute approximate surface area is 103 Å². The molecule has 2 rings (SSSR count). The maximum Gasteiger partial charge on any atom is 0.272 e. The molecule has 0 radical (unpaired) electrons. The number of hydrogen-bond acceptors (Lipinski definition) is 3. The van der Waals surface area contributed by atoms with Crippen LogP contribution in [0.25, 0.3) is 5.69 Å². The first kappa shape index (κ1) is 11.6. The maximum atomic E-state index is 11.8. The number of benzene rings is 1. The highest BCUT2D eigenvalue weighted by atomic mass is 16.1.